The van der Waals surface area contributed by atoms with Crippen LogP contribution >= 0.6 is 0 Å². The number of ether oxygens (including phenoxy) is 2. The molecule has 1 aliphatic rings. The van der Waals surface area contributed by atoms with Crippen LogP contribution in [0.5, 0.6) is 5.75 Å². The summed E-state index contributed by atoms with van der Waals surface area (Å²) in [6.45, 7) is -0.133. The first-order valence-electron chi connectivity index (χ1n) is 10.3. The van der Waals surface area contributed by atoms with Crippen molar-refractivity contribution in [1.82, 2.24) is 9.88 Å². The van der Waals surface area contributed by atoms with Gasteiger partial charge in [0.1, 0.15) is 12.3 Å². The predicted molar refractivity (Wildman–Crippen MR) is 122 cm³/mol. The number of carbonyl (C=O) groups excluding carboxylic acids is 2. The average molecular weight is 426 g/mol. The van der Waals surface area contributed by atoms with Crippen molar-refractivity contribution in [3.63, 3.8) is 0 Å². The number of aromatic nitrogens is 1. The minimum absolute atomic E-state index is 0.133. The van der Waals surface area contributed by atoms with Gasteiger partial charge in [0.05, 0.1) is 26.0 Å². The van der Waals surface area contributed by atoms with Crippen LogP contribution in [0.25, 0.3) is 22.2 Å². The molecule has 1 atom stereocenters. The Morgan fingerprint density at radius 3 is 2.59 bits per heavy atom. The minimum Gasteiger partial charge on any atom is -0.497 e. The third-order valence-electron chi connectivity index (χ3n) is 5.96. The van der Waals surface area contributed by atoms with Gasteiger partial charge >= 0.3 is 5.97 Å². The zero-order chi connectivity index (χ0) is 22.2. The van der Waals surface area contributed by atoms with Crippen molar-refractivity contribution < 1.29 is 19.1 Å². The number of methoxy groups -OCH3 is 2. The SMILES string of the molecule is COC(=O)CN1C(=O)c2ccccc2C1c1c(-c2cccc(OC)c2)[nH]c2ccccc12. The quantitative estimate of drug-likeness (QED) is 0.475. The second-order valence-electron chi connectivity index (χ2n) is 7.69. The molecule has 32 heavy (non-hydrogen) atoms. The van der Waals surface area contributed by atoms with E-state index in [1.165, 1.54) is 7.11 Å². The lowest BCUT2D eigenvalue weighted by atomic mass is 9.93. The normalized spacial score (nSPS) is 15.1. The number of hydrogen-bond donors (Lipinski definition) is 1. The van der Waals surface area contributed by atoms with Crippen LogP contribution in [-0.4, -0.2) is 42.5 Å². The largest absolute Gasteiger partial charge is 0.497 e. The first-order valence-corrected chi connectivity index (χ1v) is 10.3. The summed E-state index contributed by atoms with van der Waals surface area (Å²) in [5.41, 5.74) is 5.18. The molecule has 1 aromatic heterocycles. The number of carbonyl (C=O) groups is 2. The highest BCUT2D eigenvalue weighted by atomic mass is 16.5. The van der Waals surface area contributed by atoms with Gasteiger partial charge in [-0.25, -0.2) is 0 Å². The Morgan fingerprint density at radius 2 is 1.78 bits per heavy atom. The van der Waals surface area contributed by atoms with Crippen LogP contribution in [-0.2, 0) is 9.53 Å². The number of para-hydroxylation sites is 1. The number of rotatable bonds is 5. The van der Waals surface area contributed by atoms with E-state index in [2.05, 4.69) is 4.98 Å². The lowest BCUT2D eigenvalue weighted by molar-refractivity contribution is -0.141. The Labute approximate surface area is 185 Å². The summed E-state index contributed by atoms with van der Waals surface area (Å²) in [5.74, 6) is 0.0956. The summed E-state index contributed by atoms with van der Waals surface area (Å²) >= 11 is 0. The lowest BCUT2D eigenvalue weighted by Gasteiger charge is -2.25. The van der Waals surface area contributed by atoms with Gasteiger partial charge in [0.25, 0.3) is 5.91 Å². The summed E-state index contributed by atoms with van der Waals surface area (Å²) < 4.78 is 10.3. The second kappa shape index (κ2) is 7.89. The molecular formula is C26H22N2O4. The standard InChI is InChI=1S/C26H22N2O4/c1-31-17-9-7-8-16(14-17)24-23(20-12-5-6-13-21(20)27-24)25-18-10-3-4-11-19(18)26(30)28(25)15-22(29)32-2/h3-14,25,27H,15H2,1-2H3. The topological polar surface area (TPSA) is 71.6 Å². The lowest BCUT2D eigenvalue weighted by Crippen LogP contribution is -2.34. The van der Waals surface area contributed by atoms with Crippen LogP contribution < -0.4 is 4.74 Å². The first-order chi connectivity index (χ1) is 15.6. The number of nitrogens with one attached hydrogen (secondary N) is 1. The molecule has 1 amide bonds. The van der Waals surface area contributed by atoms with Gasteiger partial charge < -0.3 is 19.4 Å². The molecule has 6 heteroatoms. The molecule has 2 heterocycles. The molecule has 0 radical (unpaired) electrons. The second-order valence-corrected chi connectivity index (χ2v) is 7.69. The number of esters is 1. The van der Waals surface area contributed by atoms with Crippen LogP contribution in [0.1, 0.15) is 27.5 Å². The molecule has 1 unspecified atom stereocenters. The Hall–Kier alpha value is -4.06. The van der Waals surface area contributed by atoms with Crippen molar-refractivity contribution >= 4 is 22.8 Å². The summed E-state index contributed by atoms with van der Waals surface area (Å²) in [6, 6.07) is 22.9. The highest BCUT2D eigenvalue weighted by molar-refractivity contribution is 6.03. The molecule has 0 spiro atoms. The Balaban J connectivity index is 1.78. The fourth-order valence-electron chi connectivity index (χ4n) is 4.50. The van der Waals surface area contributed by atoms with Gasteiger partial charge in [0, 0.05) is 27.6 Å². The highest BCUT2D eigenvalue weighted by Crippen LogP contribution is 2.45. The molecule has 6 nitrogen and oxygen atoms in total. The van der Waals surface area contributed by atoms with Crippen LogP contribution in [0, 0.1) is 0 Å². The van der Waals surface area contributed by atoms with Gasteiger partial charge in [0.15, 0.2) is 0 Å². The van der Waals surface area contributed by atoms with Crippen molar-refractivity contribution in [2.45, 2.75) is 6.04 Å². The Morgan fingerprint density at radius 1 is 1.00 bits per heavy atom. The number of benzene rings is 3. The summed E-state index contributed by atoms with van der Waals surface area (Å²) in [7, 11) is 2.97. The van der Waals surface area contributed by atoms with Gasteiger partial charge in [-0.1, -0.05) is 48.5 Å². The number of H-pyrrole nitrogens is 1. The number of fused-ring (bicyclic) bond motifs is 2. The number of hydrogen-bond acceptors (Lipinski definition) is 4. The van der Waals surface area contributed by atoms with E-state index >= 15 is 0 Å². The Kier molecular flexibility index (Phi) is 4.90. The molecule has 4 aromatic rings. The highest BCUT2D eigenvalue weighted by Gasteiger charge is 2.41. The van der Waals surface area contributed by atoms with E-state index < -0.39 is 12.0 Å². The molecule has 0 bridgehead atoms. The van der Waals surface area contributed by atoms with Crippen molar-refractivity contribution in [3.8, 4) is 17.0 Å². The van der Waals surface area contributed by atoms with Crippen LogP contribution in [0.2, 0.25) is 0 Å². The van der Waals surface area contributed by atoms with Crippen molar-refractivity contribution in [3.05, 3.63) is 89.5 Å². The smallest absolute Gasteiger partial charge is 0.325 e. The van der Waals surface area contributed by atoms with Crippen molar-refractivity contribution in [1.29, 1.82) is 0 Å². The van der Waals surface area contributed by atoms with Gasteiger partial charge in [-0.05, 0) is 29.8 Å². The number of amides is 1. The van der Waals surface area contributed by atoms with Crippen LogP contribution in [0.4, 0.5) is 0 Å². The van der Waals surface area contributed by atoms with Gasteiger partial charge in [-0.3, -0.25) is 9.59 Å². The van der Waals surface area contributed by atoms with Gasteiger partial charge in [-0.15, -0.1) is 0 Å². The molecule has 5 rings (SSSR count). The van der Waals surface area contributed by atoms with Crippen molar-refractivity contribution in [2.24, 2.45) is 0 Å². The maximum absolute atomic E-state index is 13.3. The number of nitrogens with zero attached hydrogens (tertiary/aromatic N) is 1. The summed E-state index contributed by atoms with van der Waals surface area (Å²) in [6.07, 6.45) is 0. The molecule has 0 saturated carbocycles. The molecular weight excluding hydrogens is 404 g/mol. The number of aromatic amines is 1. The monoisotopic (exact) mass is 426 g/mol. The van der Waals surface area contributed by atoms with E-state index in [0.29, 0.717) is 5.56 Å². The average Bonchev–Trinajstić information content (AvgIpc) is 3.34. The zero-order valence-electron chi connectivity index (χ0n) is 17.8. The van der Waals surface area contributed by atoms with Crippen LogP contribution in [0.3, 0.4) is 0 Å². The fourth-order valence-corrected chi connectivity index (χ4v) is 4.50. The van der Waals surface area contributed by atoms with E-state index in [1.807, 2.05) is 72.8 Å². The third-order valence-corrected chi connectivity index (χ3v) is 5.96. The van der Waals surface area contributed by atoms with E-state index in [-0.39, 0.29) is 12.5 Å². The maximum Gasteiger partial charge on any atom is 0.325 e. The molecule has 160 valence electrons. The molecule has 0 fully saturated rings. The molecule has 3 aromatic carbocycles. The maximum atomic E-state index is 13.3. The Bertz CT molecular complexity index is 1340. The zero-order valence-corrected chi connectivity index (χ0v) is 17.8. The van der Waals surface area contributed by atoms with Gasteiger partial charge in [-0.2, -0.15) is 0 Å². The molecule has 1 N–H and O–H groups in total. The van der Waals surface area contributed by atoms with Crippen molar-refractivity contribution in [2.75, 3.05) is 20.8 Å². The summed E-state index contributed by atoms with van der Waals surface area (Å²) in [4.78, 5) is 30.7. The summed E-state index contributed by atoms with van der Waals surface area (Å²) in [5, 5.41) is 0.995. The van der Waals surface area contributed by atoms with E-state index in [4.69, 9.17) is 9.47 Å². The minimum atomic E-state index is -0.459. The predicted octanol–water partition coefficient (Wildman–Crippen LogP) is 4.56. The van der Waals surface area contributed by atoms with E-state index in [9.17, 15) is 9.59 Å². The van der Waals surface area contributed by atoms with Crippen LogP contribution in [0.15, 0.2) is 72.8 Å². The molecule has 0 saturated heterocycles. The van der Waals surface area contributed by atoms with Gasteiger partial charge in [0.2, 0.25) is 0 Å². The molecule has 0 aliphatic carbocycles. The molecule has 1 aliphatic heterocycles. The third kappa shape index (κ3) is 3.12. The van der Waals surface area contributed by atoms with E-state index in [0.717, 1.165) is 39.0 Å². The van der Waals surface area contributed by atoms with E-state index in [1.54, 1.807) is 12.0 Å². The fraction of sp³-hybridized carbons (Fsp3) is 0.154. The first kappa shape index (κ1) is 19.9.